The number of anilines is 1. The Morgan fingerprint density at radius 3 is 2.58 bits per heavy atom. The molecule has 1 fully saturated rings. The van der Waals surface area contributed by atoms with Crippen molar-refractivity contribution in [2.45, 2.75) is 103 Å². The Morgan fingerprint density at radius 1 is 1.29 bits per heavy atom. The van der Waals surface area contributed by atoms with Crippen molar-refractivity contribution in [3.63, 3.8) is 0 Å². The van der Waals surface area contributed by atoms with Gasteiger partial charge in [0.1, 0.15) is 18.3 Å². The molecule has 1 saturated heterocycles. The van der Waals surface area contributed by atoms with Gasteiger partial charge < -0.3 is 13.9 Å². The van der Waals surface area contributed by atoms with Crippen LogP contribution in [0.15, 0.2) is 11.1 Å². The van der Waals surface area contributed by atoms with Gasteiger partial charge in [-0.25, -0.2) is 4.98 Å². The number of amides is 1. The van der Waals surface area contributed by atoms with Crippen molar-refractivity contribution < 1.29 is 18.7 Å². The van der Waals surface area contributed by atoms with E-state index in [2.05, 4.69) is 74.9 Å². The summed E-state index contributed by atoms with van der Waals surface area (Å²) in [7, 11) is 1.46. The molecule has 1 amide bonds. The van der Waals surface area contributed by atoms with Gasteiger partial charge in [0.15, 0.2) is 19.5 Å². The number of aromatic nitrogens is 4. The Kier molecular flexibility index (Phi) is 9.84. The zero-order valence-corrected chi connectivity index (χ0v) is 26.8. The minimum atomic E-state index is -2.00. The molecule has 0 aromatic carbocycles. The molecule has 0 saturated carbocycles. The number of hydrogen-bond acceptors (Lipinski definition) is 9. The van der Waals surface area contributed by atoms with Crippen LogP contribution < -0.4 is 10.9 Å². The minimum Gasteiger partial charge on any atom is -0.414 e. The fraction of sp³-hybridized carbons (Fsp3) is 0.760. The van der Waals surface area contributed by atoms with Crippen LogP contribution >= 0.6 is 21.6 Å². The third-order valence-corrected chi connectivity index (χ3v) is 14.2. The van der Waals surface area contributed by atoms with Gasteiger partial charge >= 0.3 is 0 Å². The number of fused-ring (bicyclic) bond motifs is 1. The summed E-state index contributed by atoms with van der Waals surface area (Å²) in [6, 6.07) is 0. The zero-order chi connectivity index (χ0) is 28.5. The lowest BCUT2D eigenvalue weighted by atomic mass is 10.2. The predicted octanol–water partition coefficient (Wildman–Crippen LogP) is 5.55. The third-order valence-electron chi connectivity index (χ3n) is 6.74. The first-order chi connectivity index (χ1) is 17.5. The number of H-pyrrole nitrogens is 1. The van der Waals surface area contributed by atoms with E-state index in [1.165, 1.54) is 0 Å². The molecule has 3 rings (SSSR count). The van der Waals surface area contributed by atoms with Crippen LogP contribution in [0.1, 0.15) is 68.0 Å². The lowest BCUT2D eigenvalue weighted by molar-refractivity contribution is -0.118. The fourth-order valence-corrected chi connectivity index (χ4v) is 6.49. The number of carbonyl (C=O) groups is 1. The van der Waals surface area contributed by atoms with Crippen molar-refractivity contribution in [3.05, 3.63) is 16.7 Å². The first kappa shape index (κ1) is 31.1. The molecule has 214 valence electrons. The van der Waals surface area contributed by atoms with Gasteiger partial charge in [0.25, 0.3) is 5.56 Å². The average Bonchev–Trinajstić information content (AvgIpc) is 3.38. The lowest BCUT2D eigenvalue weighted by Gasteiger charge is -2.37. The van der Waals surface area contributed by atoms with E-state index in [-0.39, 0.29) is 45.3 Å². The van der Waals surface area contributed by atoms with Crippen molar-refractivity contribution in [2.75, 3.05) is 17.9 Å². The number of carbonyl (C=O) groups excluding carboxylic acids is 1. The molecule has 2 N–H and O–H groups in total. The molecule has 38 heavy (non-hydrogen) atoms. The summed E-state index contributed by atoms with van der Waals surface area (Å²) in [5.74, 6) is 0.112. The first-order valence-corrected chi connectivity index (χ1v) is 18.2. The maximum Gasteiger partial charge on any atom is 0.280 e. The number of nitrogens with zero attached hydrogens (tertiary/aromatic N) is 3. The summed E-state index contributed by atoms with van der Waals surface area (Å²) in [6.07, 6.45) is 1.19. The van der Waals surface area contributed by atoms with Gasteiger partial charge in [0.05, 0.1) is 19.0 Å². The summed E-state index contributed by atoms with van der Waals surface area (Å²) in [5, 5.41) is 2.74. The van der Waals surface area contributed by atoms with Gasteiger partial charge in [-0.1, -0.05) is 77.0 Å². The smallest absolute Gasteiger partial charge is 0.280 e. The van der Waals surface area contributed by atoms with Crippen LogP contribution in [0.25, 0.3) is 11.2 Å². The second-order valence-electron chi connectivity index (χ2n) is 12.5. The molecular formula is C25H43N5O5S2Si. The first-order valence-electron chi connectivity index (χ1n) is 13.0. The van der Waals surface area contributed by atoms with Crippen LogP contribution in [0.5, 0.6) is 0 Å². The number of nitrogens with one attached hydrogen (secondary N) is 2. The third kappa shape index (κ3) is 7.84. The molecule has 13 heteroatoms. The van der Waals surface area contributed by atoms with Gasteiger partial charge in [0, 0.05) is 17.1 Å². The van der Waals surface area contributed by atoms with Crippen LogP contribution in [-0.2, 0) is 18.7 Å². The van der Waals surface area contributed by atoms with E-state index in [9.17, 15) is 9.59 Å². The normalized spacial score (nSPS) is 21.0. The fourth-order valence-electron chi connectivity index (χ4n) is 3.48. The molecule has 3 heterocycles. The molecule has 0 spiro atoms. The minimum absolute atomic E-state index is 0.0723. The second kappa shape index (κ2) is 12.0. The Morgan fingerprint density at radius 2 is 1.97 bits per heavy atom. The molecule has 2 aromatic rings. The SMILES string of the molecule is CC(C)C(=O)Nc1nc2c(ncn2[C@H]2CC(OCSSC(C)(C)C)[C@@H](CO[Si](C)(C)C(C)(C)C)O2)c(=O)[nH]1. The number of imidazole rings is 1. The monoisotopic (exact) mass is 585 g/mol. The standard InChI is InChI=1S/C25H43N5O5S2Si/c1-15(2)21(31)28-23-27-20-19(22(32)29-23)26-13-30(20)18-11-16(33-14-36-37-24(3,4)5)17(35-18)12-34-38(9,10)25(6,7)8/h13,15-18H,11-12,14H2,1-10H3,(H2,27,28,29,31,32)/t16?,17-,18-/m1/s1. The molecule has 0 bridgehead atoms. The maximum atomic E-state index is 12.7. The number of aromatic amines is 1. The summed E-state index contributed by atoms with van der Waals surface area (Å²) in [5.41, 5.74) is 0.110. The van der Waals surface area contributed by atoms with Gasteiger partial charge in [-0.15, -0.1) is 0 Å². The van der Waals surface area contributed by atoms with Crippen molar-refractivity contribution in [1.82, 2.24) is 19.5 Å². The molecule has 1 aliphatic rings. The highest BCUT2D eigenvalue weighted by Crippen LogP contribution is 2.40. The second-order valence-corrected chi connectivity index (χ2v) is 20.3. The van der Waals surface area contributed by atoms with E-state index in [0.29, 0.717) is 24.6 Å². The Bertz CT molecular complexity index is 1170. The highest BCUT2D eigenvalue weighted by molar-refractivity contribution is 8.77. The van der Waals surface area contributed by atoms with Gasteiger partial charge in [-0.3, -0.25) is 24.5 Å². The Hall–Kier alpha value is -1.38. The van der Waals surface area contributed by atoms with Crippen molar-refractivity contribution >= 4 is 52.9 Å². The Labute approximate surface area is 234 Å². The average molecular weight is 586 g/mol. The van der Waals surface area contributed by atoms with E-state index in [0.717, 1.165) is 0 Å². The lowest BCUT2D eigenvalue weighted by Crippen LogP contribution is -2.44. The topological polar surface area (TPSA) is 120 Å². The van der Waals surface area contributed by atoms with E-state index in [4.69, 9.17) is 13.9 Å². The van der Waals surface area contributed by atoms with Gasteiger partial charge in [-0.05, 0) is 18.1 Å². The molecule has 0 radical (unpaired) electrons. The molecular weight excluding hydrogens is 543 g/mol. The molecule has 3 atom stereocenters. The summed E-state index contributed by atoms with van der Waals surface area (Å²) in [4.78, 5) is 36.2. The van der Waals surface area contributed by atoms with Crippen molar-refractivity contribution in [2.24, 2.45) is 5.92 Å². The quantitative estimate of drug-likeness (QED) is 0.160. The van der Waals surface area contributed by atoms with Crippen LogP contribution in [0.2, 0.25) is 18.1 Å². The van der Waals surface area contributed by atoms with Crippen molar-refractivity contribution in [3.8, 4) is 0 Å². The molecule has 1 aliphatic heterocycles. The van der Waals surface area contributed by atoms with Gasteiger partial charge in [-0.2, -0.15) is 4.98 Å². The highest BCUT2D eigenvalue weighted by Gasteiger charge is 2.42. The molecule has 0 aliphatic carbocycles. The molecule has 1 unspecified atom stereocenters. The van der Waals surface area contributed by atoms with E-state index >= 15 is 0 Å². The summed E-state index contributed by atoms with van der Waals surface area (Å²) >= 11 is 0. The molecule has 10 nitrogen and oxygen atoms in total. The zero-order valence-electron chi connectivity index (χ0n) is 24.2. The summed E-state index contributed by atoms with van der Waals surface area (Å²) < 4.78 is 21.2. The van der Waals surface area contributed by atoms with E-state index in [1.54, 1.807) is 46.3 Å². The maximum absolute atomic E-state index is 12.7. The number of rotatable bonds is 10. The van der Waals surface area contributed by atoms with Gasteiger partial charge in [0.2, 0.25) is 11.9 Å². The van der Waals surface area contributed by atoms with E-state index < -0.39 is 20.1 Å². The predicted molar refractivity (Wildman–Crippen MR) is 158 cm³/mol. The van der Waals surface area contributed by atoms with Crippen LogP contribution in [0.3, 0.4) is 0 Å². The van der Waals surface area contributed by atoms with Crippen molar-refractivity contribution in [1.29, 1.82) is 0 Å². The van der Waals surface area contributed by atoms with Crippen LogP contribution in [0, 0.1) is 5.92 Å². The van der Waals surface area contributed by atoms with Crippen LogP contribution in [-0.4, -0.2) is 63.2 Å². The van der Waals surface area contributed by atoms with E-state index in [1.807, 2.05) is 0 Å². The number of hydrogen-bond donors (Lipinski definition) is 2. The van der Waals surface area contributed by atoms with Crippen LogP contribution in [0.4, 0.5) is 5.95 Å². The number of ether oxygens (including phenoxy) is 2. The Balaban J connectivity index is 1.83. The largest absolute Gasteiger partial charge is 0.414 e. The summed E-state index contributed by atoms with van der Waals surface area (Å²) in [6.45, 7) is 21.6. The highest BCUT2D eigenvalue weighted by atomic mass is 33.1. The molecule has 2 aromatic heterocycles.